The second kappa shape index (κ2) is 8.83. The quantitative estimate of drug-likeness (QED) is 0.602. The average molecular weight is 484 g/mol. The van der Waals surface area contributed by atoms with Gasteiger partial charge in [-0.15, -0.1) is 0 Å². The van der Waals surface area contributed by atoms with E-state index in [1.165, 1.54) is 24.3 Å². The number of nitrogens with one attached hydrogen (secondary N) is 1. The molecule has 0 saturated carbocycles. The van der Waals surface area contributed by atoms with E-state index >= 15 is 0 Å². The van der Waals surface area contributed by atoms with E-state index in [0.717, 1.165) is 0 Å². The van der Waals surface area contributed by atoms with Crippen molar-refractivity contribution in [3.05, 3.63) is 52.5 Å². The third-order valence-electron chi connectivity index (χ3n) is 4.02. The van der Waals surface area contributed by atoms with Crippen LogP contribution in [0.25, 0.3) is 0 Å². The Morgan fingerprint density at radius 2 is 2.03 bits per heavy atom. The molecule has 0 unspecified atom stereocenters. The van der Waals surface area contributed by atoms with Crippen LogP contribution in [0, 0.1) is 0 Å². The predicted octanol–water partition coefficient (Wildman–Crippen LogP) is 3.12. The normalized spacial score (nSPS) is 16.2. The van der Waals surface area contributed by atoms with Crippen LogP contribution in [0.3, 0.4) is 0 Å². The molecule has 0 bridgehead atoms. The first kappa shape index (κ1) is 21.1. The Morgan fingerprint density at radius 3 is 2.72 bits per heavy atom. The van der Waals surface area contributed by atoms with Gasteiger partial charge in [-0.1, -0.05) is 28.1 Å². The number of esters is 2. The van der Waals surface area contributed by atoms with Gasteiger partial charge >= 0.3 is 11.9 Å². The lowest BCUT2D eigenvalue weighted by molar-refractivity contribution is -0.145. The first-order chi connectivity index (χ1) is 13.8. The Hall–Kier alpha value is -2.59. The highest BCUT2D eigenvalue weighted by molar-refractivity contribution is 9.10. The fourth-order valence-corrected chi connectivity index (χ4v) is 4.46. The van der Waals surface area contributed by atoms with E-state index in [4.69, 9.17) is 14.2 Å². The Bertz CT molecular complexity index is 1040. The Balaban J connectivity index is 1.90. The van der Waals surface area contributed by atoms with Gasteiger partial charge in [-0.05, 0) is 37.3 Å². The molecule has 1 aliphatic heterocycles. The summed E-state index contributed by atoms with van der Waals surface area (Å²) in [5.74, 6) is -1.27. The van der Waals surface area contributed by atoms with Crippen molar-refractivity contribution in [3.8, 4) is 5.75 Å². The van der Waals surface area contributed by atoms with Gasteiger partial charge < -0.3 is 14.2 Å². The monoisotopic (exact) mass is 483 g/mol. The van der Waals surface area contributed by atoms with Crippen LogP contribution < -0.4 is 9.46 Å². The second-order valence-corrected chi connectivity index (χ2v) is 8.59. The first-order valence-electron chi connectivity index (χ1n) is 8.73. The van der Waals surface area contributed by atoms with Crippen molar-refractivity contribution < 1.29 is 32.2 Å². The number of sulfonamides is 1. The van der Waals surface area contributed by atoms with E-state index in [1.807, 2.05) is 0 Å². The molecule has 1 heterocycles. The minimum absolute atomic E-state index is 0.0197. The van der Waals surface area contributed by atoms with Crippen molar-refractivity contribution >= 4 is 43.6 Å². The van der Waals surface area contributed by atoms with Gasteiger partial charge in [0.15, 0.2) is 0 Å². The molecule has 1 aliphatic rings. The Labute approximate surface area is 176 Å². The maximum atomic E-state index is 13.0. The summed E-state index contributed by atoms with van der Waals surface area (Å²) < 4.78 is 44.3. The molecule has 3 rings (SSSR count). The SMILES string of the molecule is CCOc1ccc(Br)cc1S(=O)(=O)Nc1ccccc1C(=O)O[C@H]1CCOC1=O. The molecule has 10 heteroatoms. The summed E-state index contributed by atoms with van der Waals surface area (Å²) in [7, 11) is -4.09. The van der Waals surface area contributed by atoms with Crippen LogP contribution >= 0.6 is 15.9 Å². The van der Waals surface area contributed by atoms with Gasteiger partial charge in [0.1, 0.15) is 10.6 Å². The molecule has 8 nitrogen and oxygen atoms in total. The highest BCUT2D eigenvalue weighted by Gasteiger charge is 2.31. The molecule has 0 aromatic heterocycles. The maximum Gasteiger partial charge on any atom is 0.347 e. The highest BCUT2D eigenvalue weighted by atomic mass is 79.9. The van der Waals surface area contributed by atoms with E-state index in [1.54, 1.807) is 25.1 Å². The molecule has 0 spiro atoms. The number of anilines is 1. The van der Waals surface area contributed by atoms with E-state index in [9.17, 15) is 18.0 Å². The number of ether oxygens (including phenoxy) is 3. The lowest BCUT2D eigenvalue weighted by Gasteiger charge is -2.15. The Kier molecular flexibility index (Phi) is 6.43. The van der Waals surface area contributed by atoms with E-state index in [-0.39, 0.29) is 41.5 Å². The second-order valence-electron chi connectivity index (χ2n) is 6.03. The number of benzene rings is 2. The minimum Gasteiger partial charge on any atom is -0.492 e. The summed E-state index contributed by atoms with van der Waals surface area (Å²) >= 11 is 3.25. The zero-order chi connectivity index (χ0) is 21.0. The smallest absolute Gasteiger partial charge is 0.347 e. The topological polar surface area (TPSA) is 108 Å². The van der Waals surface area contributed by atoms with Crippen molar-refractivity contribution in [2.45, 2.75) is 24.3 Å². The number of halogens is 1. The number of hydrogen-bond acceptors (Lipinski definition) is 7. The Morgan fingerprint density at radius 1 is 1.28 bits per heavy atom. The lowest BCUT2D eigenvalue weighted by atomic mass is 10.2. The molecule has 2 aromatic rings. The third kappa shape index (κ3) is 4.88. The van der Waals surface area contributed by atoms with Crippen molar-refractivity contribution in [2.24, 2.45) is 0 Å². The van der Waals surface area contributed by atoms with Crippen LogP contribution in [-0.4, -0.2) is 39.7 Å². The third-order valence-corrected chi connectivity index (χ3v) is 5.90. The molecule has 1 N–H and O–H groups in total. The molecule has 154 valence electrons. The zero-order valence-electron chi connectivity index (χ0n) is 15.4. The summed E-state index contributed by atoms with van der Waals surface area (Å²) in [6, 6.07) is 10.6. The lowest BCUT2D eigenvalue weighted by Crippen LogP contribution is -2.24. The summed E-state index contributed by atoms with van der Waals surface area (Å²) in [5.41, 5.74) is -0.00461. The molecule has 0 radical (unpaired) electrons. The highest BCUT2D eigenvalue weighted by Crippen LogP contribution is 2.30. The predicted molar refractivity (Wildman–Crippen MR) is 107 cm³/mol. The fraction of sp³-hybridized carbons (Fsp3) is 0.263. The van der Waals surface area contributed by atoms with E-state index in [0.29, 0.717) is 4.47 Å². The van der Waals surface area contributed by atoms with Crippen molar-refractivity contribution in [1.82, 2.24) is 0 Å². The molecule has 1 saturated heterocycles. The van der Waals surface area contributed by atoms with E-state index < -0.39 is 28.1 Å². The first-order valence-corrected chi connectivity index (χ1v) is 11.0. The van der Waals surface area contributed by atoms with Gasteiger partial charge in [-0.25, -0.2) is 18.0 Å². The van der Waals surface area contributed by atoms with Gasteiger partial charge in [-0.3, -0.25) is 4.72 Å². The molecule has 29 heavy (non-hydrogen) atoms. The van der Waals surface area contributed by atoms with Crippen LogP contribution in [0.2, 0.25) is 0 Å². The van der Waals surface area contributed by atoms with Crippen LogP contribution in [0.4, 0.5) is 5.69 Å². The van der Waals surface area contributed by atoms with Crippen molar-refractivity contribution in [3.63, 3.8) is 0 Å². The summed E-state index contributed by atoms with van der Waals surface area (Å²) in [6.45, 7) is 2.20. The van der Waals surface area contributed by atoms with Gasteiger partial charge in [0, 0.05) is 10.9 Å². The number of para-hydroxylation sites is 1. The summed E-state index contributed by atoms with van der Waals surface area (Å²) in [6.07, 6.45) is -0.740. The maximum absolute atomic E-state index is 13.0. The minimum atomic E-state index is -4.09. The van der Waals surface area contributed by atoms with Crippen molar-refractivity contribution in [1.29, 1.82) is 0 Å². The largest absolute Gasteiger partial charge is 0.492 e. The number of carbonyl (C=O) groups excluding carboxylic acids is 2. The van der Waals surface area contributed by atoms with Crippen molar-refractivity contribution in [2.75, 3.05) is 17.9 Å². The van der Waals surface area contributed by atoms with Gasteiger partial charge in [-0.2, -0.15) is 0 Å². The summed E-state index contributed by atoms with van der Waals surface area (Å²) in [4.78, 5) is 24.0. The van der Waals surface area contributed by atoms with E-state index in [2.05, 4.69) is 20.7 Å². The van der Waals surface area contributed by atoms with Crippen LogP contribution in [-0.2, 0) is 24.3 Å². The molecule has 1 fully saturated rings. The fourth-order valence-electron chi connectivity index (χ4n) is 2.69. The number of cyclic esters (lactones) is 1. The van der Waals surface area contributed by atoms with Crippen LogP contribution in [0.5, 0.6) is 5.75 Å². The average Bonchev–Trinajstić information content (AvgIpc) is 3.08. The van der Waals surface area contributed by atoms with Crippen LogP contribution in [0.1, 0.15) is 23.7 Å². The van der Waals surface area contributed by atoms with Gasteiger partial charge in [0.2, 0.25) is 6.10 Å². The molecular weight excluding hydrogens is 466 g/mol. The molecule has 0 aliphatic carbocycles. The molecule has 1 atom stereocenters. The number of hydrogen-bond donors (Lipinski definition) is 1. The van der Waals surface area contributed by atoms with Gasteiger partial charge in [0.25, 0.3) is 10.0 Å². The number of carbonyl (C=O) groups is 2. The van der Waals surface area contributed by atoms with Gasteiger partial charge in [0.05, 0.1) is 24.5 Å². The summed E-state index contributed by atoms with van der Waals surface area (Å²) in [5, 5.41) is 0. The standard InChI is InChI=1S/C19H18BrNO7S/c1-2-26-15-8-7-12(20)11-17(15)29(24,25)21-14-6-4-3-5-13(14)18(22)28-16-9-10-27-19(16)23/h3-8,11,16,21H,2,9-10H2,1H3/t16-/m0/s1. The number of rotatable bonds is 7. The van der Waals surface area contributed by atoms with Crippen LogP contribution in [0.15, 0.2) is 51.8 Å². The molecular formula is C19H18BrNO7S. The zero-order valence-corrected chi connectivity index (χ0v) is 17.8. The molecule has 2 aromatic carbocycles. The molecule has 0 amide bonds.